The number of hydrogen-bond acceptors (Lipinski definition) is 4. The van der Waals surface area contributed by atoms with Gasteiger partial charge in [-0.25, -0.2) is 0 Å². The van der Waals surface area contributed by atoms with E-state index in [1.54, 1.807) is 12.3 Å². The maximum absolute atomic E-state index is 12.2. The molecule has 0 aliphatic carbocycles. The summed E-state index contributed by atoms with van der Waals surface area (Å²) in [5.41, 5.74) is 3.85. The van der Waals surface area contributed by atoms with Crippen LogP contribution in [0.25, 0.3) is 5.65 Å². The summed E-state index contributed by atoms with van der Waals surface area (Å²) in [5, 5.41) is 2.84. The Morgan fingerprint density at radius 3 is 2.52 bits per heavy atom. The Morgan fingerprint density at radius 2 is 1.80 bits per heavy atom. The van der Waals surface area contributed by atoms with E-state index in [0.717, 1.165) is 22.4 Å². The molecular formula is C19H19N3O3. The van der Waals surface area contributed by atoms with Crippen LogP contribution in [0.3, 0.4) is 0 Å². The number of aryl methyl sites for hydroxylation is 3. The normalized spacial score (nSPS) is 10.7. The van der Waals surface area contributed by atoms with Crippen molar-refractivity contribution in [3.8, 4) is 5.88 Å². The van der Waals surface area contributed by atoms with Gasteiger partial charge < -0.3 is 10.1 Å². The highest BCUT2D eigenvalue weighted by atomic mass is 16.5. The van der Waals surface area contributed by atoms with E-state index in [9.17, 15) is 9.59 Å². The Balaban J connectivity index is 1.75. The summed E-state index contributed by atoms with van der Waals surface area (Å²) in [4.78, 5) is 28.6. The van der Waals surface area contributed by atoms with Crippen LogP contribution in [0.5, 0.6) is 5.88 Å². The zero-order valence-electron chi connectivity index (χ0n) is 14.4. The van der Waals surface area contributed by atoms with Crippen LogP contribution in [-0.2, 0) is 4.79 Å². The Bertz CT molecular complexity index is 988. The van der Waals surface area contributed by atoms with Gasteiger partial charge in [0.15, 0.2) is 6.61 Å². The van der Waals surface area contributed by atoms with Crippen LogP contribution < -0.4 is 15.6 Å². The molecule has 0 unspecified atom stereocenters. The highest BCUT2D eigenvalue weighted by molar-refractivity contribution is 5.93. The van der Waals surface area contributed by atoms with Crippen molar-refractivity contribution < 1.29 is 9.53 Å². The molecule has 1 N–H and O–H groups in total. The molecule has 0 aliphatic heterocycles. The van der Waals surface area contributed by atoms with Crippen molar-refractivity contribution in [2.45, 2.75) is 20.8 Å². The fourth-order valence-corrected chi connectivity index (χ4v) is 2.64. The molecule has 25 heavy (non-hydrogen) atoms. The fourth-order valence-electron chi connectivity index (χ4n) is 2.64. The zero-order chi connectivity index (χ0) is 18.0. The zero-order valence-corrected chi connectivity index (χ0v) is 14.4. The summed E-state index contributed by atoms with van der Waals surface area (Å²) in [7, 11) is 0. The van der Waals surface area contributed by atoms with E-state index in [4.69, 9.17) is 4.74 Å². The molecule has 6 nitrogen and oxygen atoms in total. The number of aromatic nitrogens is 2. The molecule has 0 bridgehead atoms. The van der Waals surface area contributed by atoms with Gasteiger partial charge in [-0.15, -0.1) is 0 Å². The van der Waals surface area contributed by atoms with Gasteiger partial charge in [-0.2, -0.15) is 4.98 Å². The first-order valence-corrected chi connectivity index (χ1v) is 7.93. The number of nitrogens with one attached hydrogen (secondary N) is 1. The minimum absolute atomic E-state index is 0.135. The van der Waals surface area contributed by atoms with Crippen molar-refractivity contribution >= 4 is 17.2 Å². The number of benzene rings is 1. The van der Waals surface area contributed by atoms with E-state index in [1.807, 2.05) is 45.0 Å². The first-order chi connectivity index (χ1) is 12.0. The SMILES string of the molecule is Cc1cccc(C)c1NC(=O)COc1cc(=O)n2cccc(C)c2n1. The summed E-state index contributed by atoms with van der Waals surface area (Å²) >= 11 is 0. The molecule has 1 amide bonds. The van der Waals surface area contributed by atoms with Crippen molar-refractivity contribution in [2.75, 3.05) is 11.9 Å². The third-order valence-corrected chi connectivity index (χ3v) is 3.96. The van der Waals surface area contributed by atoms with Gasteiger partial charge in [-0.05, 0) is 43.5 Å². The number of anilines is 1. The van der Waals surface area contributed by atoms with E-state index in [1.165, 1.54) is 10.5 Å². The van der Waals surface area contributed by atoms with E-state index < -0.39 is 0 Å². The van der Waals surface area contributed by atoms with Gasteiger partial charge in [0.1, 0.15) is 5.65 Å². The Kier molecular flexibility index (Phi) is 4.52. The second kappa shape index (κ2) is 6.76. The maximum Gasteiger partial charge on any atom is 0.262 e. The van der Waals surface area contributed by atoms with Gasteiger partial charge in [0, 0.05) is 11.9 Å². The first kappa shape index (κ1) is 16.7. The average molecular weight is 337 g/mol. The number of pyridine rings is 1. The van der Waals surface area contributed by atoms with Crippen molar-refractivity contribution in [1.82, 2.24) is 9.38 Å². The highest BCUT2D eigenvalue weighted by Gasteiger charge is 2.10. The van der Waals surface area contributed by atoms with Crippen LogP contribution in [0.2, 0.25) is 0 Å². The number of carbonyl (C=O) groups is 1. The number of carbonyl (C=O) groups excluding carboxylic acids is 1. The molecule has 2 aromatic heterocycles. The van der Waals surface area contributed by atoms with Crippen LogP contribution in [-0.4, -0.2) is 21.9 Å². The smallest absolute Gasteiger partial charge is 0.262 e. The second-order valence-electron chi connectivity index (χ2n) is 5.92. The molecular weight excluding hydrogens is 318 g/mol. The van der Waals surface area contributed by atoms with E-state index in [2.05, 4.69) is 10.3 Å². The molecule has 0 radical (unpaired) electrons. The third-order valence-electron chi connectivity index (χ3n) is 3.96. The van der Waals surface area contributed by atoms with Gasteiger partial charge >= 0.3 is 0 Å². The van der Waals surface area contributed by atoms with E-state index >= 15 is 0 Å². The molecule has 0 aliphatic rings. The summed E-state index contributed by atoms with van der Waals surface area (Å²) in [5.74, 6) is -0.167. The number of fused-ring (bicyclic) bond motifs is 1. The minimum atomic E-state index is -0.302. The molecule has 3 aromatic rings. The van der Waals surface area contributed by atoms with Crippen molar-refractivity contribution in [2.24, 2.45) is 0 Å². The highest BCUT2D eigenvalue weighted by Crippen LogP contribution is 2.19. The topological polar surface area (TPSA) is 72.7 Å². The van der Waals surface area contributed by atoms with Gasteiger partial charge in [0.2, 0.25) is 5.88 Å². The quantitative estimate of drug-likeness (QED) is 0.794. The largest absolute Gasteiger partial charge is 0.467 e. The molecule has 3 rings (SSSR count). The van der Waals surface area contributed by atoms with E-state index in [0.29, 0.717) is 5.65 Å². The minimum Gasteiger partial charge on any atom is -0.467 e. The van der Waals surface area contributed by atoms with Gasteiger partial charge in [-0.3, -0.25) is 14.0 Å². The van der Waals surface area contributed by atoms with Crippen LogP contribution in [0.15, 0.2) is 47.4 Å². The Hall–Kier alpha value is -3.15. The number of rotatable bonds is 4. The number of hydrogen-bond donors (Lipinski definition) is 1. The number of ether oxygens (including phenoxy) is 1. The lowest BCUT2D eigenvalue weighted by molar-refractivity contribution is -0.118. The summed E-state index contributed by atoms with van der Waals surface area (Å²) in [6, 6.07) is 10.7. The number of nitrogens with zero attached hydrogens (tertiary/aromatic N) is 2. The van der Waals surface area contributed by atoms with Gasteiger partial charge in [0.05, 0.1) is 6.07 Å². The number of amides is 1. The number of para-hydroxylation sites is 1. The van der Waals surface area contributed by atoms with Crippen LogP contribution in [0.1, 0.15) is 16.7 Å². The van der Waals surface area contributed by atoms with Crippen LogP contribution in [0.4, 0.5) is 5.69 Å². The van der Waals surface area contributed by atoms with Gasteiger partial charge in [0.25, 0.3) is 11.5 Å². The second-order valence-corrected chi connectivity index (χ2v) is 5.92. The predicted octanol–water partition coefficient (Wildman–Crippen LogP) is 2.64. The van der Waals surface area contributed by atoms with Crippen LogP contribution >= 0.6 is 0 Å². The molecule has 0 saturated heterocycles. The molecule has 0 fully saturated rings. The molecule has 0 spiro atoms. The van der Waals surface area contributed by atoms with E-state index in [-0.39, 0.29) is 24.0 Å². The van der Waals surface area contributed by atoms with Crippen molar-refractivity contribution in [1.29, 1.82) is 0 Å². The summed E-state index contributed by atoms with van der Waals surface area (Å²) in [6.45, 7) is 5.50. The molecule has 0 saturated carbocycles. The fraction of sp³-hybridized carbons (Fsp3) is 0.211. The Labute approximate surface area is 145 Å². The van der Waals surface area contributed by atoms with Crippen LogP contribution in [0, 0.1) is 20.8 Å². The first-order valence-electron chi connectivity index (χ1n) is 7.93. The summed E-state index contributed by atoms with van der Waals surface area (Å²) < 4.78 is 6.87. The maximum atomic E-state index is 12.2. The molecule has 2 heterocycles. The Morgan fingerprint density at radius 1 is 1.12 bits per heavy atom. The van der Waals surface area contributed by atoms with Gasteiger partial charge in [-0.1, -0.05) is 24.3 Å². The molecule has 1 aromatic carbocycles. The monoisotopic (exact) mass is 337 g/mol. The lowest BCUT2D eigenvalue weighted by Crippen LogP contribution is -2.23. The lowest BCUT2D eigenvalue weighted by atomic mass is 10.1. The summed E-state index contributed by atoms with van der Waals surface area (Å²) in [6.07, 6.45) is 1.65. The van der Waals surface area contributed by atoms with Crippen molar-refractivity contribution in [3.63, 3.8) is 0 Å². The molecule has 0 atom stereocenters. The molecule has 6 heteroatoms. The third kappa shape index (κ3) is 3.52. The predicted molar refractivity (Wildman–Crippen MR) is 96.2 cm³/mol. The standard InChI is InChI=1S/C19H19N3O3/c1-12-6-4-7-13(2)18(12)20-15(23)11-25-16-10-17(24)22-9-5-8-14(3)19(22)21-16/h4-10H,11H2,1-3H3,(H,20,23). The average Bonchev–Trinajstić information content (AvgIpc) is 2.57. The molecule has 128 valence electrons. The van der Waals surface area contributed by atoms with Crippen molar-refractivity contribution in [3.05, 3.63) is 69.6 Å². The lowest BCUT2D eigenvalue weighted by Gasteiger charge is -2.12.